The quantitative estimate of drug-likeness (QED) is 0.0769. The van der Waals surface area contributed by atoms with E-state index in [-0.39, 0.29) is 0 Å². The lowest BCUT2D eigenvalue weighted by Gasteiger charge is -2.24. The van der Waals surface area contributed by atoms with Gasteiger partial charge >= 0.3 is 0 Å². The lowest BCUT2D eigenvalue weighted by atomic mass is 9.88. The molecule has 0 radical (unpaired) electrons. The van der Waals surface area contributed by atoms with E-state index in [0.29, 0.717) is 29.6 Å². The Labute approximate surface area is 747 Å². The highest BCUT2D eigenvalue weighted by atomic mass is 15.4. The molecule has 0 fully saturated rings. The zero-order chi connectivity index (χ0) is 89.5. The maximum atomic E-state index is 2.38. The molecule has 15 nitrogen and oxygen atoms in total. The van der Waals surface area contributed by atoms with Gasteiger partial charge in [-0.3, -0.25) is 22.8 Å². The number of para-hydroxylation sites is 3. The van der Waals surface area contributed by atoms with Crippen LogP contribution in [-0.2, 0) is 35.2 Å². The Morgan fingerprint density at radius 2 is 0.476 bits per heavy atom. The number of rotatable bonds is 18. The summed E-state index contributed by atoms with van der Waals surface area (Å²) in [6.07, 6.45) is 31.8. The molecule has 18 aromatic rings. The van der Waals surface area contributed by atoms with Crippen molar-refractivity contribution in [2.24, 2.45) is 35.2 Å². The summed E-state index contributed by atoms with van der Waals surface area (Å²) in [4.78, 5) is 0. The molecule has 0 saturated carbocycles. The Hall–Kier alpha value is -13.8. The number of aromatic nitrogens is 15. The zero-order valence-corrected chi connectivity index (χ0v) is 78.3. The van der Waals surface area contributed by atoms with Gasteiger partial charge in [0.15, 0.2) is 95.3 Å². The van der Waals surface area contributed by atoms with Crippen molar-refractivity contribution in [2.75, 3.05) is 0 Å². The van der Waals surface area contributed by atoms with Gasteiger partial charge in [-0.15, -0.1) is 46.8 Å². The molecule has 0 aliphatic rings. The predicted octanol–water partition coefficient (Wildman–Crippen LogP) is 23.5. The van der Waals surface area contributed by atoms with Crippen LogP contribution in [0.2, 0.25) is 0 Å². The minimum atomic E-state index is 0.412. The SMILES string of the molecule is Cc1cc(C)c(-n2ccc(C)c2-n2ccc[n+]2C)c(C)c1.Cc1ccn(-c2c(-c3ccccc3)cccc2-c2ccccc2)c1-n1ccc[n+]1C.Cc1ccn(-c2c(C(C)C)cc(-c3ccccc3)cc2C(C)C)c1-n1ccc[n+]1C.Cc1ccn(-c2c(C(C)C)cccc2C(C)C)c1-n1ccc[n+]1C.Cc1ccn(-c2ccccc2C(C)C)c1-n1ccc[n+]1C. The van der Waals surface area contributed by atoms with Gasteiger partial charge in [0.1, 0.15) is 0 Å². The predicted molar refractivity (Wildman–Crippen MR) is 516 cm³/mol. The van der Waals surface area contributed by atoms with Crippen molar-refractivity contribution in [1.29, 1.82) is 0 Å². The monoisotopic (exact) mass is 1670 g/mol. The standard InChI is InChI=1S/C27H24N3.C27H32N3.C21H28N3.2C18H22N3/c1-21-17-20-29(27(21)30-19-10-18-28(30)2)26-24(22-11-5-3-6-12-22)15-9-16-25(26)23-13-7-4-8-14-23;1-19(2)24-17-23(22-11-8-7-9-12-22)18-25(20(3)4)26(24)29-16-13-21(5)27(29)30-15-10-14-28(30)6;1-15(2)18-9-7-10-19(16(3)4)20(18)23-14-11-17(5)21(23)24-13-8-12-22(24)6;1-13-11-15(3)17(16(4)12-13)20-10-7-14(2)18(20)21-9-6-8-19(21)5;1-14(2)16-8-5-6-9-17(16)20-13-10-15(3)18(20)21-12-7-11-19(21)4/h3-20H,1-2H3;7-20H,1-6H3;7-16H,1-6H3;6-12H,1-5H3;5-14H,1-4H3/q5*+1. The van der Waals surface area contributed by atoms with Gasteiger partial charge in [0.25, 0.3) is 0 Å². The number of hydrogen-bond donors (Lipinski definition) is 0. The van der Waals surface area contributed by atoms with Crippen LogP contribution < -0.4 is 23.4 Å². The Bertz CT molecular complexity index is 6590. The summed E-state index contributed by atoms with van der Waals surface area (Å²) in [7, 11) is 10.4. The molecule has 126 heavy (non-hydrogen) atoms. The van der Waals surface area contributed by atoms with Crippen LogP contribution in [0.5, 0.6) is 0 Å². The van der Waals surface area contributed by atoms with Crippen LogP contribution in [0.3, 0.4) is 0 Å². The van der Waals surface area contributed by atoms with Gasteiger partial charge in [-0.1, -0.05) is 233 Å². The van der Waals surface area contributed by atoms with Gasteiger partial charge < -0.3 is 0 Å². The van der Waals surface area contributed by atoms with Gasteiger partial charge in [0, 0.05) is 72.4 Å². The molecular formula is C111H128N15+5. The van der Waals surface area contributed by atoms with E-state index in [2.05, 4.69) is 559 Å². The first-order valence-corrected chi connectivity index (χ1v) is 44.5. The highest BCUT2D eigenvalue weighted by Gasteiger charge is 2.28. The second-order valence-corrected chi connectivity index (χ2v) is 35.2. The average molecular weight is 1670 g/mol. The molecule has 15 heteroatoms. The first-order valence-electron chi connectivity index (χ1n) is 44.5. The third-order valence-corrected chi connectivity index (χ3v) is 24.2. The van der Waals surface area contributed by atoms with Crippen molar-refractivity contribution in [2.45, 2.75) is 154 Å². The molecule has 0 N–H and O–H groups in total. The lowest BCUT2D eigenvalue weighted by molar-refractivity contribution is -0.744. The molecule has 0 atom stereocenters. The molecular weight excluding hydrogens is 1540 g/mol. The fraction of sp³-hybridized carbons (Fsp3) is 0.252. The summed E-state index contributed by atoms with van der Waals surface area (Å²) >= 11 is 0. The molecule has 642 valence electrons. The van der Waals surface area contributed by atoms with Gasteiger partial charge in [0.2, 0.25) is 0 Å². The van der Waals surface area contributed by atoms with E-state index < -0.39 is 0 Å². The van der Waals surface area contributed by atoms with Crippen LogP contribution in [0.4, 0.5) is 0 Å². The maximum Gasteiger partial charge on any atom is 0.195 e. The van der Waals surface area contributed by atoms with Gasteiger partial charge in [-0.25, -0.2) is 0 Å². The fourth-order valence-electron chi connectivity index (χ4n) is 17.9. The van der Waals surface area contributed by atoms with E-state index in [9.17, 15) is 0 Å². The van der Waals surface area contributed by atoms with E-state index in [0.717, 1.165) is 5.82 Å². The highest BCUT2D eigenvalue weighted by molar-refractivity contribution is 5.86. The maximum absolute atomic E-state index is 2.38. The summed E-state index contributed by atoms with van der Waals surface area (Å²) in [6.45, 7) is 40.1. The molecule has 0 aliphatic heterocycles. The van der Waals surface area contributed by atoms with E-state index in [1.165, 1.54) is 157 Å². The average Bonchev–Trinajstić information content (AvgIpc) is 1.32. The van der Waals surface area contributed by atoms with E-state index in [1.54, 1.807) is 0 Å². The van der Waals surface area contributed by atoms with Gasteiger partial charge in [0.05, 0.1) is 59.4 Å². The molecule has 0 amide bonds. The molecule has 0 aliphatic carbocycles. The molecule has 0 unspecified atom stereocenters. The number of aryl methyl sites for hydroxylation is 13. The van der Waals surface area contributed by atoms with Gasteiger partial charge in [-0.05, 0) is 223 Å². The first-order chi connectivity index (χ1) is 60.6. The highest BCUT2D eigenvalue weighted by Crippen LogP contribution is 2.42. The van der Waals surface area contributed by atoms with Crippen LogP contribution >= 0.6 is 0 Å². The Balaban J connectivity index is 0.000000129. The van der Waals surface area contributed by atoms with E-state index in [1.807, 2.05) is 0 Å². The third kappa shape index (κ3) is 18.3. The second-order valence-electron chi connectivity index (χ2n) is 35.2. The fourth-order valence-corrected chi connectivity index (χ4v) is 17.9. The molecule has 10 heterocycles. The lowest BCUT2D eigenvalue weighted by Crippen LogP contribution is -2.38. The molecule has 8 aromatic carbocycles. The van der Waals surface area contributed by atoms with E-state index >= 15 is 0 Å². The van der Waals surface area contributed by atoms with Crippen molar-refractivity contribution in [1.82, 2.24) is 46.2 Å². The number of benzene rings is 8. The Morgan fingerprint density at radius 3 is 0.802 bits per heavy atom. The van der Waals surface area contributed by atoms with Crippen LogP contribution in [0.15, 0.2) is 330 Å². The van der Waals surface area contributed by atoms with Crippen molar-refractivity contribution in [3.05, 3.63) is 402 Å². The van der Waals surface area contributed by atoms with Crippen molar-refractivity contribution >= 4 is 0 Å². The normalized spacial score (nSPS) is 11.3. The van der Waals surface area contributed by atoms with Crippen LogP contribution in [0, 0.1) is 55.4 Å². The largest absolute Gasteiger partial charge is 0.298 e. The van der Waals surface area contributed by atoms with Crippen LogP contribution in [0.1, 0.15) is 171 Å². The van der Waals surface area contributed by atoms with Crippen molar-refractivity contribution in [3.8, 4) is 90.9 Å². The molecule has 18 rings (SSSR count). The summed E-state index contributed by atoms with van der Waals surface area (Å²) < 4.78 is 33.1. The van der Waals surface area contributed by atoms with Crippen molar-refractivity contribution < 1.29 is 23.4 Å². The van der Waals surface area contributed by atoms with Crippen molar-refractivity contribution in [3.63, 3.8) is 0 Å². The number of nitrogens with zero attached hydrogens (tertiary/aromatic N) is 15. The minimum absolute atomic E-state index is 0.412. The third-order valence-electron chi connectivity index (χ3n) is 24.2. The summed E-state index contributed by atoms with van der Waals surface area (Å²) in [6, 6.07) is 84.5. The summed E-state index contributed by atoms with van der Waals surface area (Å²) in [5.41, 5.74) is 30.9. The summed E-state index contributed by atoms with van der Waals surface area (Å²) in [5.74, 6) is 8.20. The molecule has 0 spiro atoms. The van der Waals surface area contributed by atoms with Gasteiger partial charge in [-0.2, -0.15) is 0 Å². The van der Waals surface area contributed by atoms with E-state index in [4.69, 9.17) is 0 Å². The number of hydrogen-bond acceptors (Lipinski definition) is 0. The smallest absolute Gasteiger partial charge is 0.195 e. The first kappa shape index (κ1) is 88.5. The Morgan fingerprint density at radius 1 is 0.206 bits per heavy atom. The Kier molecular flexibility index (Phi) is 27.1. The zero-order valence-electron chi connectivity index (χ0n) is 78.3. The topological polar surface area (TPSA) is 68.7 Å². The summed E-state index contributed by atoms with van der Waals surface area (Å²) in [5, 5.41) is 0. The molecule has 10 aromatic heterocycles. The second kappa shape index (κ2) is 38.5. The van der Waals surface area contributed by atoms with Crippen LogP contribution in [0.25, 0.3) is 90.9 Å². The minimum Gasteiger partial charge on any atom is -0.298 e. The molecule has 0 saturated heterocycles. The molecule has 0 bridgehead atoms. The van der Waals surface area contributed by atoms with Crippen LogP contribution in [-0.4, -0.2) is 46.2 Å².